The van der Waals surface area contributed by atoms with Crippen LogP contribution in [-0.4, -0.2) is 5.91 Å². The van der Waals surface area contributed by atoms with Gasteiger partial charge < -0.3 is 5.73 Å². The minimum Gasteiger partial charge on any atom is -0.369 e. The lowest BCUT2D eigenvalue weighted by Crippen LogP contribution is -2.17. The Hall–Kier alpha value is -1.38. The van der Waals surface area contributed by atoms with E-state index in [1.165, 1.54) is 6.07 Å². The van der Waals surface area contributed by atoms with Crippen molar-refractivity contribution >= 4 is 5.91 Å². The first-order valence-corrected chi connectivity index (χ1v) is 6.09. The monoisotopic (exact) mass is 235 g/mol. The highest BCUT2D eigenvalue weighted by Crippen LogP contribution is 2.43. The van der Waals surface area contributed by atoms with Crippen LogP contribution in [0.5, 0.6) is 0 Å². The second-order valence-electron chi connectivity index (χ2n) is 5.13. The van der Waals surface area contributed by atoms with Crippen LogP contribution < -0.4 is 5.73 Å². The van der Waals surface area contributed by atoms with Crippen LogP contribution in [0.25, 0.3) is 0 Å². The Labute approximate surface area is 101 Å². The molecule has 2 rings (SSSR count). The Balaban J connectivity index is 2.51. The molecule has 1 saturated carbocycles. The topological polar surface area (TPSA) is 43.1 Å². The van der Waals surface area contributed by atoms with Crippen LogP contribution in [0.4, 0.5) is 4.39 Å². The summed E-state index contributed by atoms with van der Waals surface area (Å²) in [5.74, 6) is 0.0827. The molecule has 1 amide bonds. The second kappa shape index (κ2) is 4.47. The standard InChI is InChI=1S/C14H18FNO/c1-8(2)11-5-10(15)6-12(9-3-4-9)13(11)7-14(16)17/h5-6,8-9H,3-4,7H2,1-2H3,(H2,16,17). The Morgan fingerprint density at radius 1 is 1.47 bits per heavy atom. The maximum absolute atomic E-state index is 13.6. The molecule has 1 aliphatic carbocycles. The summed E-state index contributed by atoms with van der Waals surface area (Å²) in [6.45, 7) is 4.02. The Bertz CT molecular complexity index is 427. The van der Waals surface area contributed by atoms with E-state index in [9.17, 15) is 9.18 Å². The van der Waals surface area contributed by atoms with E-state index in [2.05, 4.69) is 0 Å². The lowest BCUT2D eigenvalue weighted by atomic mass is 9.89. The van der Waals surface area contributed by atoms with E-state index in [0.29, 0.717) is 5.92 Å². The zero-order valence-electron chi connectivity index (χ0n) is 10.3. The maximum atomic E-state index is 13.6. The number of carbonyl (C=O) groups excluding carboxylic acids is 1. The molecule has 1 fully saturated rings. The summed E-state index contributed by atoms with van der Waals surface area (Å²) in [6, 6.07) is 3.11. The maximum Gasteiger partial charge on any atom is 0.221 e. The minimum absolute atomic E-state index is 0.205. The number of nitrogens with two attached hydrogens (primary N) is 1. The van der Waals surface area contributed by atoms with Gasteiger partial charge in [0, 0.05) is 0 Å². The first-order chi connectivity index (χ1) is 7.99. The van der Waals surface area contributed by atoms with Gasteiger partial charge in [-0.15, -0.1) is 0 Å². The third-order valence-electron chi connectivity index (χ3n) is 3.27. The number of hydrogen-bond acceptors (Lipinski definition) is 1. The van der Waals surface area contributed by atoms with Crippen LogP contribution in [0.3, 0.4) is 0 Å². The normalized spacial score (nSPS) is 15.3. The molecule has 0 atom stereocenters. The van der Waals surface area contributed by atoms with Crippen LogP contribution in [-0.2, 0) is 11.2 Å². The van der Waals surface area contributed by atoms with Gasteiger partial charge in [0.1, 0.15) is 5.82 Å². The van der Waals surface area contributed by atoms with Gasteiger partial charge in [-0.3, -0.25) is 4.79 Å². The number of hydrogen-bond donors (Lipinski definition) is 1. The molecular weight excluding hydrogens is 217 g/mol. The highest BCUT2D eigenvalue weighted by atomic mass is 19.1. The van der Waals surface area contributed by atoms with Gasteiger partial charge in [-0.25, -0.2) is 4.39 Å². The van der Waals surface area contributed by atoms with Crippen LogP contribution in [0.2, 0.25) is 0 Å². The predicted octanol–water partition coefficient (Wildman–Crippen LogP) is 2.85. The van der Waals surface area contributed by atoms with Gasteiger partial charge in [0.05, 0.1) is 6.42 Å². The van der Waals surface area contributed by atoms with Gasteiger partial charge in [0.2, 0.25) is 5.91 Å². The van der Waals surface area contributed by atoms with Crippen molar-refractivity contribution in [2.24, 2.45) is 5.73 Å². The predicted molar refractivity (Wildman–Crippen MR) is 65.4 cm³/mol. The molecule has 0 heterocycles. The van der Waals surface area contributed by atoms with Crippen molar-refractivity contribution in [3.8, 4) is 0 Å². The van der Waals surface area contributed by atoms with Crippen molar-refractivity contribution in [2.75, 3.05) is 0 Å². The van der Waals surface area contributed by atoms with Crippen molar-refractivity contribution in [3.05, 3.63) is 34.6 Å². The molecule has 0 radical (unpaired) electrons. The first kappa shape index (κ1) is 12.1. The van der Waals surface area contributed by atoms with E-state index in [1.807, 2.05) is 13.8 Å². The molecule has 1 aliphatic rings. The van der Waals surface area contributed by atoms with Crippen molar-refractivity contribution in [1.29, 1.82) is 0 Å². The van der Waals surface area contributed by atoms with Crippen molar-refractivity contribution in [2.45, 2.75) is 44.9 Å². The van der Waals surface area contributed by atoms with Crippen molar-refractivity contribution in [3.63, 3.8) is 0 Å². The average Bonchev–Trinajstić information content (AvgIpc) is 3.02. The van der Waals surface area contributed by atoms with E-state index < -0.39 is 0 Å². The van der Waals surface area contributed by atoms with Crippen LogP contribution in [0.15, 0.2) is 12.1 Å². The summed E-state index contributed by atoms with van der Waals surface area (Å²) >= 11 is 0. The molecule has 92 valence electrons. The number of carbonyl (C=O) groups is 1. The Kier molecular flexibility index (Phi) is 3.18. The molecule has 3 heteroatoms. The number of amides is 1. The largest absolute Gasteiger partial charge is 0.369 e. The third-order valence-corrected chi connectivity index (χ3v) is 3.27. The molecular formula is C14H18FNO. The average molecular weight is 235 g/mol. The smallest absolute Gasteiger partial charge is 0.221 e. The molecule has 1 aromatic rings. The zero-order valence-corrected chi connectivity index (χ0v) is 10.3. The van der Waals surface area contributed by atoms with Gasteiger partial charge >= 0.3 is 0 Å². The lowest BCUT2D eigenvalue weighted by molar-refractivity contribution is -0.117. The first-order valence-electron chi connectivity index (χ1n) is 6.09. The summed E-state index contributed by atoms with van der Waals surface area (Å²) in [6.07, 6.45) is 2.40. The number of rotatable bonds is 4. The van der Waals surface area contributed by atoms with Crippen LogP contribution in [0, 0.1) is 5.82 Å². The van der Waals surface area contributed by atoms with Gasteiger partial charge in [0.25, 0.3) is 0 Å². The van der Waals surface area contributed by atoms with Crippen LogP contribution >= 0.6 is 0 Å². The molecule has 1 aromatic carbocycles. The van der Waals surface area contributed by atoms with Crippen LogP contribution in [0.1, 0.15) is 55.2 Å². The molecule has 0 aromatic heterocycles. The van der Waals surface area contributed by atoms with Gasteiger partial charge in [-0.1, -0.05) is 13.8 Å². The molecule has 0 unspecified atom stereocenters. The molecule has 2 nitrogen and oxygen atoms in total. The summed E-state index contributed by atoms with van der Waals surface area (Å²) in [4.78, 5) is 11.2. The summed E-state index contributed by atoms with van der Waals surface area (Å²) in [5, 5.41) is 0. The van der Waals surface area contributed by atoms with Crippen molar-refractivity contribution < 1.29 is 9.18 Å². The fourth-order valence-corrected chi connectivity index (χ4v) is 2.33. The summed E-state index contributed by atoms with van der Waals surface area (Å²) in [7, 11) is 0. The van der Waals surface area contributed by atoms with E-state index in [-0.39, 0.29) is 24.1 Å². The van der Waals surface area contributed by atoms with E-state index >= 15 is 0 Å². The quantitative estimate of drug-likeness (QED) is 0.856. The number of primary amides is 1. The molecule has 0 bridgehead atoms. The fourth-order valence-electron chi connectivity index (χ4n) is 2.33. The van der Waals surface area contributed by atoms with Gasteiger partial charge in [-0.05, 0) is 53.5 Å². The van der Waals surface area contributed by atoms with E-state index in [0.717, 1.165) is 29.5 Å². The lowest BCUT2D eigenvalue weighted by Gasteiger charge is -2.16. The second-order valence-corrected chi connectivity index (χ2v) is 5.13. The highest BCUT2D eigenvalue weighted by molar-refractivity contribution is 5.77. The molecule has 0 aliphatic heterocycles. The Morgan fingerprint density at radius 3 is 2.59 bits per heavy atom. The highest BCUT2D eigenvalue weighted by Gasteiger charge is 2.28. The summed E-state index contributed by atoms with van der Waals surface area (Å²) < 4.78 is 13.6. The molecule has 17 heavy (non-hydrogen) atoms. The number of benzene rings is 1. The minimum atomic E-state index is -0.347. The van der Waals surface area contributed by atoms with Gasteiger partial charge in [-0.2, -0.15) is 0 Å². The van der Waals surface area contributed by atoms with E-state index in [1.54, 1.807) is 6.07 Å². The molecule has 0 spiro atoms. The molecule has 0 saturated heterocycles. The number of halogens is 1. The SMILES string of the molecule is CC(C)c1cc(F)cc(C2CC2)c1CC(N)=O. The summed E-state index contributed by atoms with van der Waals surface area (Å²) in [5.41, 5.74) is 8.16. The fraction of sp³-hybridized carbons (Fsp3) is 0.500. The molecule has 2 N–H and O–H groups in total. The zero-order chi connectivity index (χ0) is 12.6. The van der Waals surface area contributed by atoms with Gasteiger partial charge in [0.15, 0.2) is 0 Å². The van der Waals surface area contributed by atoms with E-state index in [4.69, 9.17) is 5.73 Å². The third kappa shape index (κ3) is 2.65. The Morgan fingerprint density at radius 2 is 2.12 bits per heavy atom. The van der Waals surface area contributed by atoms with Crippen molar-refractivity contribution in [1.82, 2.24) is 0 Å².